The molecule has 19 heavy (non-hydrogen) atoms. The van der Waals surface area contributed by atoms with E-state index in [1.54, 1.807) is 11.3 Å². The summed E-state index contributed by atoms with van der Waals surface area (Å²) in [6.45, 7) is 1.51. The molecule has 0 radical (unpaired) electrons. The third kappa shape index (κ3) is 2.54. The van der Waals surface area contributed by atoms with E-state index in [-0.39, 0.29) is 0 Å². The topological polar surface area (TPSA) is 30.9 Å². The lowest BCUT2D eigenvalue weighted by atomic mass is 10.2. The van der Waals surface area contributed by atoms with Crippen LogP contribution in [-0.4, -0.2) is 4.57 Å². The Hall–Kier alpha value is -1.29. The summed E-state index contributed by atoms with van der Waals surface area (Å²) < 4.78 is 2.25. The Bertz CT molecular complexity index is 686. The van der Waals surface area contributed by atoms with E-state index in [9.17, 15) is 0 Å². The first kappa shape index (κ1) is 12.7. The van der Waals surface area contributed by atoms with E-state index in [2.05, 4.69) is 33.7 Å². The van der Waals surface area contributed by atoms with Crippen molar-refractivity contribution in [2.75, 3.05) is 0 Å². The van der Waals surface area contributed by atoms with Crippen LogP contribution in [0.3, 0.4) is 0 Å². The Morgan fingerprint density at radius 3 is 2.89 bits per heavy atom. The molecule has 0 aliphatic carbocycles. The molecule has 0 aliphatic rings. The Kier molecular flexibility index (Phi) is 3.60. The van der Waals surface area contributed by atoms with Crippen LogP contribution in [-0.2, 0) is 19.5 Å². The Morgan fingerprint density at radius 2 is 2.16 bits per heavy atom. The van der Waals surface area contributed by atoms with Crippen molar-refractivity contribution in [2.24, 2.45) is 5.73 Å². The molecule has 0 aliphatic heterocycles. The number of halogens is 1. The lowest BCUT2D eigenvalue weighted by Crippen LogP contribution is -1.99. The zero-order chi connectivity index (χ0) is 13.2. The largest absolute Gasteiger partial charge is 0.347 e. The van der Waals surface area contributed by atoms with Crippen LogP contribution in [0.2, 0.25) is 5.02 Å². The van der Waals surface area contributed by atoms with Crippen molar-refractivity contribution in [1.82, 2.24) is 4.57 Å². The highest BCUT2D eigenvalue weighted by Gasteiger charge is 2.08. The van der Waals surface area contributed by atoms with Crippen LogP contribution in [0.4, 0.5) is 0 Å². The fourth-order valence-corrected chi connectivity index (χ4v) is 3.24. The second kappa shape index (κ2) is 5.37. The number of aromatic nitrogens is 1. The number of thiophene rings is 1. The van der Waals surface area contributed by atoms with Crippen LogP contribution >= 0.6 is 22.9 Å². The zero-order valence-corrected chi connectivity index (χ0v) is 12.0. The molecule has 2 heterocycles. The Labute approximate surface area is 121 Å². The Balaban J connectivity index is 1.95. The van der Waals surface area contributed by atoms with Gasteiger partial charge in [-0.25, -0.2) is 0 Å². The smallest absolute Gasteiger partial charge is 0.0498 e. The monoisotopic (exact) mass is 290 g/mol. The van der Waals surface area contributed by atoms with Gasteiger partial charge in [-0.05, 0) is 46.5 Å². The van der Waals surface area contributed by atoms with Gasteiger partial charge in [0.25, 0.3) is 0 Å². The summed E-state index contributed by atoms with van der Waals surface area (Å²) in [7, 11) is 0. The summed E-state index contributed by atoms with van der Waals surface area (Å²) in [6.07, 6.45) is 3.18. The van der Waals surface area contributed by atoms with Gasteiger partial charge >= 0.3 is 0 Å². The number of aryl methyl sites for hydroxylation is 2. The number of benzene rings is 1. The minimum atomic E-state index is 0.559. The molecule has 3 rings (SSSR count). The third-order valence-electron chi connectivity index (χ3n) is 3.37. The minimum Gasteiger partial charge on any atom is -0.347 e. The van der Waals surface area contributed by atoms with E-state index >= 15 is 0 Å². The van der Waals surface area contributed by atoms with E-state index in [1.807, 2.05) is 12.1 Å². The van der Waals surface area contributed by atoms with Gasteiger partial charge < -0.3 is 10.3 Å². The highest BCUT2D eigenvalue weighted by atomic mass is 35.5. The summed E-state index contributed by atoms with van der Waals surface area (Å²) in [5.74, 6) is 0. The molecule has 0 spiro atoms. The minimum absolute atomic E-state index is 0.559. The van der Waals surface area contributed by atoms with Crippen LogP contribution in [0.1, 0.15) is 11.1 Å². The first-order chi connectivity index (χ1) is 9.28. The zero-order valence-electron chi connectivity index (χ0n) is 10.5. The molecular weight excluding hydrogens is 276 g/mol. The molecule has 4 heteroatoms. The highest BCUT2D eigenvalue weighted by molar-refractivity contribution is 7.07. The van der Waals surface area contributed by atoms with Crippen LogP contribution in [0.5, 0.6) is 0 Å². The van der Waals surface area contributed by atoms with Gasteiger partial charge in [0.2, 0.25) is 0 Å². The number of hydrogen-bond acceptors (Lipinski definition) is 2. The number of fused-ring (bicyclic) bond motifs is 1. The molecule has 0 saturated heterocycles. The van der Waals surface area contributed by atoms with Crippen LogP contribution in [0.15, 0.2) is 41.2 Å². The molecule has 0 saturated carbocycles. The number of hydrogen-bond donors (Lipinski definition) is 1. The molecule has 2 nitrogen and oxygen atoms in total. The lowest BCUT2D eigenvalue weighted by molar-refractivity contribution is 0.721. The standard InChI is InChI=1S/C15H15ClN2S/c16-13-1-2-14-12(8-17)9-18(15(14)7-13)5-3-11-4-6-19-10-11/h1-2,4,6-7,9-10H,3,5,8,17H2. The SMILES string of the molecule is NCc1cn(CCc2ccsc2)c2cc(Cl)ccc12. The molecule has 2 N–H and O–H groups in total. The van der Waals surface area contributed by atoms with Crippen molar-refractivity contribution >= 4 is 33.8 Å². The lowest BCUT2D eigenvalue weighted by Gasteiger charge is -2.04. The summed E-state index contributed by atoms with van der Waals surface area (Å²) in [5, 5.41) is 6.29. The van der Waals surface area contributed by atoms with E-state index in [0.717, 1.165) is 18.0 Å². The first-order valence-corrected chi connectivity index (χ1v) is 7.58. The fraction of sp³-hybridized carbons (Fsp3) is 0.200. The molecule has 0 bridgehead atoms. The van der Waals surface area contributed by atoms with E-state index in [4.69, 9.17) is 17.3 Å². The molecule has 3 aromatic rings. The molecule has 98 valence electrons. The van der Waals surface area contributed by atoms with Gasteiger partial charge in [-0.15, -0.1) is 0 Å². The van der Waals surface area contributed by atoms with E-state index in [0.29, 0.717) is 6.54 Å². The second-order valence-electron chi connectivity index (χ2n) is 4.59. The van der Waals surface area contributed by atoms with Crippen LogP contribution in [0, 0.1) is 0 Å². The summed E-state index contributed by atoms with van der Waals surface area (Å²) >= 11 is 7.84. The third-order valence-corrected chi connectivity index (χ3v) is 4.34. The maximum absolute atomic E-state index is 6.10. The first-order valence-electron chi connectivity index (χ1n) is 6.26. The van der Waals surface area contributed by atoms with Gasteiger partial charge in [0.15, 0.2) is 0 Å². The van der Waals surface area contributed by atoms with Crippen molar-refractivity contribution in [3.63, 3.8) is 0 Å². The molecule has 0 fully saturated rings. The van der Waals surface area contributed by atoms with E-state index in [1.165, 1.54) is 22.0 Å². The molecule has 0 unspecified atom stereocenters. The molecule has 0 atom stereocenters. The van der Waals surface area contributed by atoms with Gasteiger partial charge in [-0.3, -0.25) is 0 Å². The predicted molar refractivity (Wildman–Crippen MR) is 82.9 cm³/mol. The van der Waals surface area contributed by atoms with Gasteiger partial charge in [0.1, 0.15) is 0 Å². The van der Waals surface area contributed by atoms with Crippen molar-refractivity contribution in [3.05, 3.63) is 57.4 Å². The van der Waals surface area contributed by atoms with Gasteiger partial charge in [0, 0.05) is 35.2 Å². The average Bonchev–Trinajstić information content (AvgIpc) is 3.03. The number of rotatable bonds is 4. The fourth-order valence-electron chi connectivity index (χ4n) is 2.37. The number of nitrogens with zero attached hydrogens (tertiary/aromatic N) is 1. The average molecular weight is 291 g/mol. The molecule has 1 aromatic carbocycles. The predicted octanol–water partition coefficient (Wildman–Crippen LogP) is 4.06. The quantitative estimate of drug-likeness (QED) is 0.772. The second-order valence-corrected chi connectivity index (χ2v) is 5.81. The number of nitrogens with two attached hydrogens (primary N) is 1. The maximum atomic E-state index is 6.10. The maximum Gasteiger partial charge on any atom is 0.0498 e. The van der Waals surface area contributed by atoms with Crippen molar-refractivity contribution < 1.29 is 0 Å². The summed E-state index contributed by atoms with van der Waals surface area (Å²) in [6, 6.07) is 8.17. The van der Waals surface area contributed by atoms with Crippen molar-refractivity contribution in [1.29, 1.82) is 0 Å². The van der Waals surface area contributed by atoms with Crippen molar-refractivity contribution in [3.8, 4) is 0 Å². The van der Waals surface area contributed by atoms with Crippen LogP contribution < -0.4 is 5.73 Å². The summed E-state index contributed by atoms with van der Waals surface area (Å²) in [5.41, 5.74) is 9.54. The summed E-state index contributed by atoms with van der Waals surface area (Å²) in [4.78, 5) is 0. The molecule has 2 aromatic heterocycles. The van der Waals surface area contributed by atoms with Crippen molar-refractivity contribution in [2.45, 2.75) is 19.5 Å². The van der Waals surface area contributed by atoms with Gasteiger partial charge in [-0.1, -0.05) is 17.7 Å². The molecular formula is C15H15ClN2S. The highest BCUT2D eigenvalue weighted by Crippen LogP contribution is 2.25. The molecule has 0 amide bonds. The Morgan fingerprint density at radius 1 is 1.26 bits per heavy atom. The normalized spacial score (nSPS) is 11.3. The van der Waals surface area contributed by atoms with Gasteiger partial charge in [-0.2, -0.15) is 11.3 Å². The van der Waals surface area contributed by atoms with E-state index < -0.39 is 0 Å². The van der Waals surface area contributed by atoms with Gasteiger partial charge in [0.05, 0.1) is 0 Å². The van der Waals surface area contributed by atoms with Crippen LogP contribution in [0.25, 0.3) is 10.9 Å².